The highest BCUT2D eigenvalue weighted by Crippen LogP contribution is 2.35. The number of methoxy groups -OCH3 is 1. The predicted molar refractivity (Wildman–Crippen MR) is 131 cm³/mol. The molecule has 170 valence electrons. The Hall–Kier alpha value is -3.45. The lowest BCUT2D eigenvalue weighted by Crippen LogP contribution is -2.36. The fourth-order valence-electron chi connectivity index (χ4n) is 4.56. The Balaban J connectivity index is 1.68. The van der Waals surface area contributed by atoms with Crippen molar-refractivity contribution in [2.24, 2.45) is 0 Å². The molecule has 0 aliphatic carbocycles. The molecule has 5 rings (SSSR count). The molecule has 4 heterocycles. The summed E-state index contributed by atoms with van der Waals surface area (Å²) in [5, 5.41) is 9.65. The standard InChI is InChI=1S/C26H29N5O2/c1-18(2)31-24(32)10-9-22(27-31)25-23-17-20(29-14-12-21(33-3)13-15-29)11-16-30(23)28-26(25)19-7-5-4-6-8-19/h4-11,16-18,21H,12-15H2,1-3H3. The van der Waals surface area contributed by atoms with Gasteiger partial charge in [0, 0.05) is 43.7 Å². The first-order chi connectivity index (χ1) is 16.0. The summed E-state index contributed by atoms with van der Waals surface area (Å²) in [6.45, 7) is 5.85. The minimum Gasteiger partial charge on any atom is -0.381 e. The Bertz CT molecular complexity index is 1320. The molecule has 0 spiro atoms. The van der Waals surface area contributed by atoms with Gasteiger partial charge in [-0.25, -0.2) is 9.20 Å². The molecule has 1 saturated heterocycles. The highest BCUT2D eigenvalue weighted by Gasteiger charge is 2.22. The lowest BCUT2D eigenvalue weighted by molar-refractivity contribution is 0.0819. The first-order valence-corrected chi connectivity index (χ1v) is 11.5. The van der Waals surface area contributed by atoms with E-state index in [4.69, 9.17) is 14.9 Å². The number of rotatable bonds is 5. The van der Waals surface area contributed by atoms with Crippen LogP contribution in [-0.4, -0.2) is 45.7 Å². The zero-order chi connectivity index (χ0) is 22.9. The number of ether oxygens (including phenoxy) is 1. The van der Waals surface area contributed by atoms with Gasteiger partial charge in [0.2, 0.25) is 0 Å². The van der Waals surface area contributed by atoms with E-state index >= 15 is 0 Å². The Morgan fingerprint density at radius 3 is 2.45 bits per heavy atom. The fraction of sp³-hybridized carbons (Fsp3) is 0.346. The van der Waals surface area contributed by atoms with Gasteiger partial charge in [-0.1, -0.05) is 30.3 Å². The lowest BCUT2D eigenvalue weighted by Gasteiger charge is -2.33. The maximum absolute atomic E-state index is 12.4. The minimum absolute atomic E-state index is 0.0305. The van der Waals surface area contributed by atoms with Crippen molar-refractivity contribution in [3.8, 4) is 22.5 Å². The number of hydrogen-bond acceptors (Lipinski definition) is 5. The first kappa shape index (κ1) is 21.4. The van der Waals surface area contributed by atoms with Crippen LogP contribution in [0.1, 0.15) is 32.7 Å². The number of pyridine rings is 1. The van der Waals surface area contributed by atoms with Gasteiger partial charge in [0.05, 0.1) is 28.9 Å². The van der Waals surface area contributed by atoms with Crippen LogP contribution in [0.25, 0.3) is 28.0 Å². The van der Waals surface area contributed by atoms with E-state index in [2.05, 4.69) is 29.2 Å². The van der Waals surface area contributed by atoms with Gasteiger partial charge >= 0.3 is 0 Å². The average molecular weight is 444 g/mol. The molecule has 1 aliphatic heterocycles. The van der Waals surface area contributed by atoms with Gasteiger partial charge in [0.25, 0.3) is 5.56 Å². The van der Waals surface area contributed by atoms with Crippen molar-refractivity contribution in [1.82, 2.24) is 19.4 Å². The molecule has 4 aromatic rings. The van der Waals surface area contributed by atoms with Crippen LogP contribution in [0.3, 0.4) is 0 Å². The maximum Gasteiger partial charge on any atom is 0.267 e. The molecule has 1 fully saturated rings. The third kappa shape index (κ3) is 4.04. The number of piperidine rings is 1. The summed E-state index contributed by atoms with van der Waals surface area (Å²) in [6, 6.07) is 17.8. The zero-order valence-electron chi connectivity index (χ0n) is 19.3. The van der Waals surface area contributed by atoms with Gasteiger partial charge in [-0.2, -0.15) is 10.2 Å². The van der Waals surface area contributed by atoms with Crippen LogP contribution in [0.15, 0.2) is 65.6 Å². The second-order valence-corrected chi connectivity index (χ2v) is 8.82. The summed E-state index contributed by atoms with van der Waals surface area (Å²) >= 11 is 0. The van der Waals surface area contributed by atoms with Crippen molar-refractivity contribution in [2.75, 3.05) is 25.1 Å². The SMILES string of the molecule is COC1CCN(c2ccn3nc(-c4ccccc4)c(-c4ccc(=O)n(C(C)C)n4)c3c2)CC1. The van der Waals surface area contributed by atoms with E-state index in [1.54, 1.807) is 19.2 Å². The summed E-state index contributed by atoms with van der Waals surface area (Å²) in [6.07, 6.45) is 4.39. The van der Waals surface area contributed by atoms with Crippen LogP contribution in [0.5, 0.6) is 0 Å². The number of aromatic nitrogens is 4. The Morgan fingerprint density at radius 2 is 1.76 bits per heavy atom. The maximum atomic E-state index is 12.4. The number of anilines is 1. The van der Waals surface area contributed by atoms with E-state index in [1.165, 1.54) is 4.68 Å². The lowest BCUT2D eigenvalue weighted by atomic mass is 10.0. The number of hydrogen-bond donors (Lipinski definition) is 0. The van der Waals surface area contributed by atoms with Crippen LogP contribution in [0.4, 0.5) is 5.69 Å². The highest BCUT2D eigenvalue weighted by molar-refractivity contribution is 5.91. The van der Waals surface area contributed by atoms with Crippen molar-refractivity contribution >= 4 is 11.2 Å². The van der Waals surface area contributed by atoms with Gasteiger partial charge in [0.1, 0.15) is 5.69 Å². The molecular formula is C26H29N5O2. The quantitative estimate of drug-likeness (QED) is 0.457. The van der Waals surface area contributed by atoms with Crippen LogP contribution >= 0.6 is 0 Å². The van der Waals surface area contributed by atoms with Crippen molar-refractivity contribution in [3.05, 3.63) is 71.1 Å². The van der Waals surface area contributed by atoms with Gasteiger partial charge < -0.3 is 9.64 Å². The summed E-state index contributed by atoms with van der Waals surface area (Å²) in [4.78, 5) is 14.8. The molecule has 0 unspecified atom stereocenters. The molecule has 33 heavy (non-hydrogen) atoms. The molecule has 0 bridgehead atoms. The molecule has 1 aliphatic rings. The van der Waals surface area contributed by atoms with Gasteiger partial charge in [0.15, 0.2) is 0 Å². The molecular weight excluding hydrogens is 414 g/mol. The largest absolute Gasteiger partial charge is 0.381 e. The summed E-state index contributed by atoms with van der Waals surface area (Å²) < 4.78 is 8.99. The molecule has 7 heteroatoms. The van der Waals surface area contributed by atoms with Crippen molar-refractivity contribution in [1.29, 1.82) is 0 Å². The van der Waals surface area contributed by atoms with E-state index < -0.39 is 0 Å². The average Bonchev–Trinajstić information content (AvgIpc) is 3.23. The fourth-order valence-corrected chi connectivity index (χ4v) is 4.56. The van der Waals surface area contributed by atoms with E-state index in [1.807, 2.05) is 42.8 Å². The second kappa shape index (κ2) is 8.83. The number of nitrogens with zero attached hydrogens (tertiary/aromatic N) is 5. The molecule has 3 aromatic heterocycles. The monoisotopic (exact) mass is 443 g/mol. The number of benzene rings is 1. The van der Waals surface area contributed by atoms with Crippen LogP contribution in [-0.2, 0) is 4.74 Å². The first-order valence-electron chi connectivity index (χ1n) is 11.5. The van der Waals surface area contributed by atoms with Crippen LogP contribution in [0, 0.1) is 0 Å². The van der Waals surface area contributed by atoms with Gasteiger partial charge in [-0.15, -0.1) is 0 Å². The van der Waals surface area contributed by atoms with Gasteiger partial charge in [-0.05, 0) is 44.9 Å². The summed E-state index contributed by atoms with van der Waals surface area (Å²) in [5.41, 5.74) is 5.58. The van der Waals surface area contributed by atoms with E-state index in [0.29, 0.717) is 6.10 Å². The topological polar surface area (TPSA) is 64.7 Å². The van der Waals surface area contributed by atoms with Gasteiger partial charge in [-0.3, -0.25) is 4.79 Å². The van der Waals surface area contributed by atoms with E-state index in [0.717, 1.165) is 59.7 Å². The molecule has 0 amide bonds. The Morgan fingerprint density at radius 1 is 1.00 bits per heavy atom. The molecule has 0 N–H and O–H groups in total. The molecule has 7 nitrogen and oxygen atoms in total. The van der Waals surface area contributed by atoms with Crippen molar-refractivity contribution in [3.63, 3.8) is 0 Å². The third-order valence-corrected chi connectivity index (χ3v) is 6.38. The van der Waals surface area contributed by atoms with E-state index in [9.17, 15) is 4.79 Å². The number of fused-ring (bicyclic) bond motifs is 1. The second-order valence-electron chi connectivity index (χ2n) is 8.82. The normalized spacial score (nSPS) is 15.0. The van der Waals surface area contributed by atoms with Crippen LogP contribution in [0.2, 0.25) is 0 Å². The van der Waals surface area contributed by atoms with E-state index in [-0.39, 0.29) is 11.6 Å². The Kier molecular flexibility index (Phi) is 5.72. The Labute approximate surface area is 193 Å². The van der Waals surface area contributed by atoms with Crippen LogP contribution < -0.4 is 10.5 Å². The smallest absolute Gasteiger partial charge is 0.267 e. The zero-order valence-corrected chi connectivity index (χ0v) is 19.3. The minimum atomic E-state index is -0.104. The van der Waals surface area contributed by atoms with Crippen molar-refractivity contribution < 1.29 is 4.74 Å². The molecule has 0 atom stereocenters. The van der Waals surface area contributed by atoms with Crippen molar-refractivity contribution in [2.45, 2.75) is 38.8 Å². The summed E-state index contributed by atoms with van der Waals surface area (Å²) in [5.74, 6) is 0. The molecule has 0 radical (unpaired) electrons. The highest BCUT2D eigenvalue weighted by atomic mass is 16.5. The third-order valence-electron chi connectivity index (χ3n) is 6.38. The predicted octanol–water partition coefficient (Wildman–Crippen LogP) is 4.42. The molecule has 0 saturated carbocycles. The summed E-state index contributed by atoms with van der Waals surface area (Å²) in [7, 11) is 1.79. The molecule has 1 aromatic carbocycles.